The van der Waals surface area contributed by atoms with Crippen molar-refractivity contribution in [1.29, 1.82) is 0 Å². The molecule has 32 heavy (non-hydrogen) atoms. The standard InChI is InChI=1S/C30H40O2/c31-24-14-16-28(26(20-24)22-10-4-1-5-11-22)30(18-8-3-9-19-30)29-17-15-25(32)21-27(29)23-12-6-2-7-13-23/h14-17,20-23,31-32H,1-13,18-19H2. The molecule has 0 heterocycles. The van der Waals surface area contributed by atoms with Crippen LogP contribution in [0, 0.1) is 0 Å². The molecule has 0 saturated heterocycles. The van der Waals surface area contributed by atoms with Crippen molar-refractivity contribution in [3.63, 3.8) is 0 Å². The minimum atomic E-state index is 0.0131. The molecule has 2 N–H and O–H groups in total. The first kappa shape index (κ1) is 21.9. The Labute approximate surface area is 194 Å². The minimum Gasteiger partial charge on any atom is -0.508 e. The van der Waals surface area contributed by atoms with Gasteiger partial charge < -0.3 is 10.2 Å². The second-order valence-corrected chi connectivity index (χ2v) is 10.9. The zero-order chi connectivity index (χ0) is 22.0. The predicted octanol–water partition coefficient (Wildman–Crippen LogP) is 8.44. The number of aromatic hydroxyl groups is 2. The van der Waals surface area contributed by atoms with Crippen LogP contribution >= 0.6 is 0 Å². The van der Waals surface area contributed by atoms with E-state index in [0.29, 0.717) is 23.3 Å². The van der Waals surface area contributed by atoms with Gasteiger partial charge in [-0.05, 0) is 96.9 Å². The van der Waals surface area contributed by atoms with E-state index >= 15 is 0 Å². The van der Waals surface area contributed by atoms with E-state index in [4.69, 9.17) is 0 Å². The molecule has 5 rings (SSSR count). The summed E-state index contributed by atoms with van der Waals surface area (Å²) in [7, 11) is 0. The first-order valence-corrected chi connectivity index (χ1v) is 13.3. The highest BCUT2D eigenvalue weighted by Crippen LogP contribution is 2.52. The lowest BCUT2D eigenvalue weighted by atomic mass is 9.60. The summed E-state index contributed by atoms with van der Waals surface area (Å²) in [5.74, 6) is 1.97. The highest BCUT2D eigenvalue weighted by atomic mass is 16.3. The molecular formula is C30H40O2. The number of phenolic OH excluding ortho intramolecular Hbond substituents is 2. The van der Waals surface area contributed by atoms with Gasteiger partial charge in [-0.2, -0.15) is 0 Å². The monoisotopic (exact) mass is 432 g/mol. The Kier molecular flexibility index (Phi) is 6.49. The van der Waals surface area contributed by atoms with Crippen molar-refractivity contribution >= 4 is 0 Å². The van der Waals surface area contributed by atoms with Crippen molar-refractivity contribution in [2.75, 3.05) is 0 Å². The molecule has 3 aliphatic rings. The van der Waals surface area contributed by atoms with Gasteiger partial charge >= 0.3 is 0 Å². The Hall–Kier alpha value is -1.96. The fourth-order valence-corrected chi connectivity index (χ4v) is 7.31. The number of benzene rings is 2. The Morgan fingerprint density at radius 1 is 0.531 bits per heavy atom. The molecule has 2 heteroatoms. The largest absolute Gasteiger partial charge is 0.508 e. The van der Waals surface area contributed by atoms with Gasteiger partial charge in [0.15, 0.2) is 0 Å². The Morgan fingerprint density at radius 3 is 1.38 bits per heavy atom. The number of hydrogen-bond acceptors (Lipinski definition) is 2. The van der Waals surface area contributed by atoms with Crippen molar-refractivity contribution in [3.05, 3.63) is 58.7 Å². The minimum absolute atomic E-state index is 0.0131. The second kappa shape index (κ2) is 9.49. The quantitative estimate of drug-likeness (QED) is 0.509. The highest BCUT2D eigenvalue weighted by molar-refractivity contribution is 5.52. The zero-order valence-corrected chi connectivity index (χ0v) is 19.6. The normalized spacial score (nSPS) is 22.6. The van der Waals surface area contributed by atoms with Crippen molar-refractivity contribution in [2.45, 2.75) is 114 Å². The predicted molar refractivity (Wildman–Crippen MR) is 132 cm³/mol. The lowest BCUT2D eigenvalue weighted by Crippen LogP contribution is -2.34. The smallest absolute Gasteiger partial charge is 0.115 e. The molecule has 0 aliphatic heterocycles. The van der Waals surface area contributed by atoms with Gasteiger partial charge in [-0.1, -0.05) is 69.9 Å². The van der Waals surface area contributed by atoms with E-state index < -0.39 is 0 Å². The van der Waals surface area contributed by atoms with Crippen molar-refractivity contribution in [1.82, 2.24) is 0 Å². The third-order valence-corrected chi connectivity index (χ3v) is 8.90. The first-order valence-electron chi connectivity index (χ1n) is 13.3. The molecule has 0 atom stereocenters. The topological polar surface area (TPSA) is 40.5 Å². The van der Waals surface area contributed by atoms with Crippen LogP contribution in [0.5, 0.6) is 11.5 Å². The van der Waals surface area contributed by atoms with E-state index in [1.165, 1.54) is 119 Å². The van der Waals surface area contributed by atoms with Crippen LogP contribution in [0.15, 0.2) is 36.4 Å². The summed E-state index contributed by atoms with van der Waals surface area (Å²) in [6, 6.07) is 12.6. The fraction of sp³-hybridized carbons (Fsp3) is 0.600. The third-order valence-electron chi connectivity index (χ3n) is 8.90. The SMILES string of the molecule is Oc1ccc(C2(c3ccc(O)cc3C3CCCCC3)CCCCC2)c(C2CCCCC2)c1. The van der Waals surface area contributed by atoms with E-state index in [1.807, 2.05) is 12.1 Å². The number of phenols is 2. The van der Waals surface area contributed by atoms with E-state index in [0.717, 1.165) is 0 Å². The van der Waals surface area contributed by atoms with Crippen LogP contribution in [-0.4, -0.2) is 10.2 Å². The van der Waals surface area contributed by atoms with Crippen molar-refractivity contribution < 1.29 is 10.2 Å². The molecule has 3 fully saturated rings. The molecular weight excluding hydrogens is 392 g/mol. The van der Waals surface area contributed by atoms with Gasteiger partial charge in [0.2, 0.25) is 0 Å². The maximum absolute atomic E-state index is 10.5. The van der Waals surface area contributed by atoms with Gasteiger partial charge in [-0.25, -0.2) is 0 Å². The van der Waals surface area contributed by atoms with Gasteiger partial charge in [0, 0.05) is 5.41 Å². The summed E-state index contributed by atoms with van der Waals surface area (Å²) < 4.78 is 0. The van der Waals surface area contributed by atoms with Gasteiger partial charge in [0.05, 0.1) is 0 Å². The maximum Gasteiger partial charge on any atom is 0.115 e. The molecule has 2 aromatic rings. The molecule has 3 aliphatic carbocycles. The Bertz CT molecular complexity index is 843. The van der Waals surface area contributed by atoms with Crippen LogP contribution in [0.4, 0.5) is 0 Å². The van der Waals surface area contributed by atoms with Crippen LogP contribution in [0.2, 0.25) is 0 Å². The van der Waals surface area contributed by atoms with Crippen molar-refractivity contribution in [2.24, 2.45) is 0 Å². The molecule has 0 bridgehead atoms. The Balaban J connectivity index is 1.67. The lowest BCUT2D eigenvalue weighted by molar-refractivity contribution is 0.331. The molecule has 0 amide bonds. The van der Waals surface area contributed by atoms with Crippen LogP contribution < -0.4 is 0 Å². The second-order valence-electron chi connectivity index (χ2n) is 10.9. The van der Waals surface area contributed by atoms with E-state index in [1.54, 1.807) is 0 Å². The van der Waals surface area contributed by atoms with Gasteiger partial charge in [0.1, 0.15) is 11.5 Å². The van der Waals surface area contributed by atoms with E-state index in [-0.39, 0.29) is 5.41 Å². The summed E-state index contributed by atoms with van der Waals surface area (Å²) in [5, 5.41) is 21.0. The van der Waals surface area contributed by atoms with Gasteiger partial charge in [-0.3, -0.25) is 0 Å². The van der Waals surface area contributed by atoms with Crippen LogP contribution in [0.1, 0.15) is 130 Å². The van der Waals surface area contributed by atoms with Crippen LogP contribution in [0.3, 0.4) is 0 Å². The molecule has 0 aromatic heterocycles. The summed E-state index contributed by atoms with van der Waals surface area (Å²) in [6.07, 6.45) is 19.1. The van der Waals surface area contributed by atoms with Gasteiger partial charge in [-0.15, -0.1) is 0 Å². The molecule has 2 aromatic carbocycles. The summed E-state index contributed by atoms with van der Waals surface area (Å²) in [5.41, 5.74) is 5.79. The highest BCUT2D eigenvalue weighted by Gasteiger charge is 2.41. The average Bonchev–Trinajstić information content (AvgIpc) is 2.85. The first-order chi connectivity index (χ1) is 15.7. The Morgan fingerprint density at radius 2 is 0.938 bits per heavy atom. The fourth-order valence-electron chi connectivity index (χ4n) is 7.31. The lowest BCUT2D eigenvalue weighted by Gasteiger charge is -2.43. The molecule has 3 saturated carbocycles. The van der Waals surface area contributed by atoms with Crippen molar-refractivity contribution in [3.8, 4) is 11.5 Å². The average molecular weight is 433 g/mol. The summed E-state index contributed by atoms with van der Waals surface area (Å²) in [4.78, 5) is 0. The van der Waals surface area contributed by atoms with Crippen LogP contribution in [-0.2, 0) is 5.41 Å². The molecule has 0 spiro atoms. The number of rotatable bonds is 4. The zero-order valence-electron chi connectivity index (χ0n) is 19.6. The van der Waals surface area contributed by atoms with E-state index in [2.05, 4.69) is 24.3 Å². The van der Waals surface area contributed by atoms with Gasteiger partial charge in [0.25, 0.3) is 0 Å². The maximum atomic E-state index is 10.5. The summed E-state index contributed by atoms with van der Waals surface area (Å²) in [6.45, 7) is 0. The third kappa shape index (κ3) is 4.18. The van der Waals surface area contributed by atoms with Crippen LogP contribution in [0.25, 0.3) is 0 Å². The summed E-state index contributed by atoms with van der Waals surface area (Å²) >= 11 is 0. The molecule has 2 nitrogen and oxygen atoms in total. The molecule has 0 radical (unpaired) electrons. The van der Waals surface area contributed by atoms with E-state index in [9.17, 15) is 10.2 Å². The number of hydrogen-bond donors (Lipinski definition) is 2. The molecule has 172 valence electrons. The molecule has 0 unspecified atom stereocenters.